The number of alkyl halides is 2. The average Bonchev–Trinajstić information content (AvgIpc) is 2.24. The van der Waals surface area contributed by atoms with Crippen LogP contribution in [0, 0.1) is 0 Å². The van der Waals surface area contributed by atoms with Gasteiger partial charge in [-0.05, 0) is 34.1 Å². The molecule has 0 saturated carbocycles. The van der Waals surface area contributed by atoms with Crippen molar-refractivity contribution in [1.82, 2.24) is 0 Å². The number of Topliss-reactive ketones (excluding diaryl/α,β-unsaturated/α-hetero) is 1. The number of halogens is 2. The van der Waals surface area contributed by atoms with Crippen molar-refractivity contribution in [2.45, 2.75) is 58.8 Å². The van der Waals surface area contributed by atoms with Crippen LogP contribution in [-0.2, 0) is 10.8 Å². The summed E-state index contributed by atoms with van der Waals surface area (Å²) in [7, 11) is 0. The van der Waals surface area contributed by atoms with Crippen LogP contribution in [0.4, 0.5) is 8.78 Å². The zero-order valence-electron chi connectivity index (χ0n) is 12.5. The lowest BCUT2D eigenvalue weighted by atomic mass is 9.79. The van der Waals surface area contributed by atoms with Gasteiger partial charge < -0.3 is 0 Å². The van der Waals surface area contributed by atoms with Gasteiger partial charge in [-0.2, -0.15) is 0 Å². The molecule has 1 rings (SSSR count). The van der Waals surface area contributed by atoms with Gasteiger partial charge in [0, 0.05) is 5.56 Å². The predicted molar refractivity (Wildman–Crippen MR) is 74.2 cm³/mol. The highest BCUT2D eigenvalue weighted by Crippen LogP contribution is 2.30. The van der Waals surface area contributed by atoms with Gasteiger partial charge in [-0.25, -0.2) is 8.78 Å². The van der Waals surface area contributed by atoms with Gasteiger partial charge in [0.15, 0.2) is 0 Å². The van der Waals surface area contributed by atoms with Crippen LogP contribution in [0.5, 0.6) is 0 Å². The second-order valence-electron chi connectivity index (χ2n) is 6.96. The van der Waals surface area contributed by atoms with Gasteiger partial charge in [-0.3, -0.25) is 4.79 Å². The second-order valence-corrected chi connectivity index (χ2v) is 6.96. The van der Waals surface area contributed by atoms with Crippen molar-refractivity contribution in [2.24, 2.45) is 0 Å². The molecule has 0 unspecified atom stereocenters. The van der Waals surface area contributed by atoms with E-state index in [9.17, 15) is 13.6 Å². The summed E-state index contributed by atoms with van der Waals surface area (Å²) in [5.74, 6) is -1.10. The summed E-state index contributed by atoms with van der Waals surface area (Å²) in [6.07, 6.45) is -2.96. The van der Waals surface area contributed by atoms with Crippen molar-refractivity contribution in [3.63, 3.8) is 0 Å². The Balaban J connectivity index is 3.46. The van der Waals surface area contributed by atoms with Gasteiger partial charge in [-0.1, -0.05) is 47.6 Å². The lowest BCUT2D eigenvalue weighted by Crippen LogP contribution is -2.19. The molecule has 3 heteroatoms. The number of carbonyl (C=O) groups is 1. The summed E-state index contributed by atoms with van der Waals surface area (Å²) < 4.78 is 25.2. The highest BCUT2D eigenvalue weighted by atomic mass is 19.3. The number of hydrogen-bond donors (Lipinski definition) is 0. The Morgan fingerprint density at radius 2 is 1.26 bits per heavy atom. The normalized spacial score (nSPS) is 12.9. The Kier molecular flexibility index (Phi) is 4.18. The number of carbonyl (C=O) groups excluding carboxylic acids is 1. The third-order valence-corrected chi connectivity index (χ3v) is 3.15. The fourth-order valence-corrected chi connectivity index (χ4v) is 1.76. The molecule has 1 aromatic carbocycles. The minimum absolute atomic E-state index is 0.104. The summed E-state index contributed by atoms with van der Waals surface area (Å²) in [4.78, 5) is 11.6. The maximum atomic E-state index is 12.6. The Bertz CT molecular complexity index is 444. The van der Waals surface area contributed by atoms with Crippen LogP contribution in [0.15, 0.2) is 18.2 Å². The van der Waals surface area contributed by atoms with E-state index < -0.39 is 12.2 Å². The molecule has 0 bridgehead atoms. The maximum Gasteiger partial charge on any atom is 0.300 e. The molecule has 0 atom stereocenters. The molecule has 0 spiro atoms. The van der Waals surface area contributed by atoms with Gasteiger partial charge in [0.1, 0.15) is 0 Å². The first-order valence-corrected chi connectivity index (χ1v) is 6.41. The topological polar surface area (TPSA) is 17.1 Å². The van der Waals surface area contributed by atoms with E-state index in [2.05, 4.69) is 0 Å². The molecular weight excluding hydrogens is 246 g/mol. The van der Waals surface area contributed by atoms with Crippen LogP contribution in [0.25, 0.3) is 0 Å². The Morgan fingerprint density at radius 3 is 1.53 bits per heavy atom. The van der Waals surface area contributed by atoms with E-state index in [0.29, 0.717) is 0 Å². The van der Waals surface area contributed by atoms with Crippen LogP contribution in [0.3, 0.4) is 0 Å². The minimum Gasteiger partial charge on any atom is -0.288 e. The van der Waals surface area contributed by atoms with E-state index in [4.69, 9.17) is 0 Å². The molecule has 0 N–H and O–H groups in total. The zero-order valence-corrected chi connectivity index (χ0v) is 12.5. The van der Waals surface area contributed by atoms with Gasteiger partial charge in [-0.15, -0.1) is 0 Å². The number of rotatable bonds is 2. The van der Waals surface area contributed by atoms with Gasteiger partial charge in [0.05, 0.1) is 0 Å². The fourth-order valence-electron chi connectivity index (χ4n) is 1.76. The molecule has 0 fully saturated rings. The molecule has 0 radical (unpaired) electrons. The van der Waals surface area contributed by atoms with E-state index in [1.165, 1.54) is 0 Å². The number of hydrogen-bond acceptors (Lipinski definition) is 1. The molecule has 106 valence electrons. The second kappa shape index (κ2) is 5.03. The van der Waals surface area contributed by atoms with Crippen molar-refractivity contribution >= 4 is 5.78 Å². The molecule has 0 aliphatic rings. The first kappa shape index (κ1) is 15.8. The summed E-state index contributed by atoms with van der Waals surface area (Å²) in [6.45, 7) is 12.0. The quantitative estimate of drug-likeness (QED) is 0.709. The molecule has 0 aromatic heterocycles. The van der Waals surface area contributed by atoms with E-state index in [1.807, 2.05) is 47.6 Å². The van der Waals surface area contributed by atoms with Gasteiger partial charge >= 0.3 is 6.43 Å². The molecular formula is C16H22F2O. The third kappa shape index (κ3) is 3.85. The van der Waals surface area contributed by atoms with Crippen molar-refractivity contribution < 1.29 is 13.6 Å². The Labute approximate surface area is 114 Å². The molecule has 0 amide bonds. The summed E-state index contributed by atoms with van der Waals surface area (Å²) in [5.41, 5.74) is 1.55. The van der Waals surface area contributed by atoms with E-state index in [1.54, 1.807) is 12.1 Å². The lowest BCUT2D eigenvalue weighted by Gasteiger charge is -2.26. The summed E-state index contributed by atoms with van der Waals surface area (Å²) in [6, 6.07) is 5.18. The predicted octanol–water partition coefficient (Wildman–Crippen LogP) is 4.73. The molecule has 0 heterocycles. The van der Waals surface area contributed by atoms with E-state index in [-0.39, 0.29) is 16.4 Å². The average molecular weight is 268 g/mol. The van der Waals surface area contributed by atoms with Gasteiger partial charge in [0.25, 0.3) is 0 Å². The summed E-state index contributed by atoms with van der Waals surface area (Å²) >= 11 is 0. The molecule has 1 nitrogen and oxygen atoms in total. The van der Waals surface area contributed by atoms with Crippen molar-refractivity contribution in [3.8, 4) is 0 Å². The van der Waals surface area contributed by atoms with Crippen LogP contribution in [0.2, 0.25) is 0 Å². The highest BCUT2D eigenvalue weighted by molar-refractivity contribution is 5.98. The molecule has 19 heavy (non-hydrogen) atoms. The minimum atomic E-state index is -2.96. The van der Waals surface area contributed by atoms with Crippen molar-refractivity contribution in [2.75, 3.05) is 0 Å². The molecule has 0 saturated heterocycles. The van der Waals surface area contributed by atoms with Crippen molar-refractivity contribution in [1.29, 1.82) is 0 Å². The largest absolute Gasteiger partial charge is 0.300 e. The van der Waals surface area contributed by atoms with Gasteiger partial charge in [0.2, 0.25) is 5.78 Å². The Morgan fingerprint density at radius 1 is 0.895 bits per heavy atom. The first-order valence-electron chi connectivity index (χ1n) is 6.41. The third-order valence-electron chi connectivity index (χ3n) is 3.15. The zero-order chi connectivity index (χ0) is 15.0. The highest BCUT2D eigenvalue weighted by Gasteiger charge is 2.25. The standard InChI is InChI=1S/C16H22F2O/c1-15(2,3)11-7-10(13(19)14(17)18)8-12(9-11)16(4,5)6/h7-9,14H,1-6H3. The van der Waals surface area contributed by atoms with Crippen LogP contribution < -0.4 is 0 Å². The molecule has 0 aliphatic carbocycles. The molecule has 0 aliphatic heterocycles. The summed E-state index contributed by atoms with van der Waals surface area (Å²) in [5, 5.41) is 0. The van der Waals surface area contributed by atoms with Crippen LogP contribution >= 0.6 is 0 Å². The molecule has 1 aromatic rings. The van der Waals surface area contributed by atoms with Crippen LogP contribution in [0.1, 0.15) is 63.0 Å². The SMILES string of the molecule is CC(C)(C)c1cc(C(=O)C(F)F)cc(C(C)(C)C)c1. The van der Waals surface area contributed by atoms with Crippen LogP contribution in [-0.4, -0.2) is 12.2 Å². The fraction of sp³-hybridized carbons (Fsp3) is 0.562. The number of ketones is 1. The first-order chi connectivity index (χ1) is 8.43. The van der Waals surface area contributed by atoms with E-state index in [0.717, 1.165) is 11.1 Å². The maximum absolute atomic E-state index is 12.6. The van der Waals surface area contributed by atoms with Crippen molar-refractivity contribution in [3.05, 3.63) is 34.9 Å². The Hall–Kier alpha value is -1.25. The van der Waals surface area contributed by atoms with E-state index >= 15 is 0 Å². The lowest BCUT2D eigenvalue weighted by molar-refractivity contribution is 0.0678. The monoisotopic (exact) mass is 268 g/mol. The number of benzene rings is 1. The smallest absolute Gasteiger partial charge is 0.288 e.